The van der Waals surface area contributed by atoms with E-state index in [4.69, 9.17) is 26.4 Å². The molecule has 0 aromatic heterocycles. The quantitative estimate of drug-likeness (QED) is 0.114. The number of hydrogen-bond donors (Lipinski definition) is 2. The molecule has 1 atom stereocenters. The average molecular weight is 626 g/mol. The van der Waals surface area contributed by atoms with Crippen molar-refractivity contribution in [3.8, 4) is 11.5 Å². The number of esters is 1. The molecule has 0 aliphatic carbocycles. The number of benzene rings is 2. The maximum atomic E-state index is 12.9. The summed E-state index contributed by atoms with van der Waals surface area (Å²) in [5.41, 5.74) is 0.383. The fraction of sp³-hybridized carbons (Fsp3) is 0.529. The molecule has 0 saturated carbocycles. The number of thiocarbonyl (C=S) groups is 1. The van der Waals surface area contributed by atoms with Gasteiger partial charge in [0.2, 0.25) is 5.91 Å². The second-order valence-corrected chi connectivity index (χ2v) is 11.3. The van der Waals surface area contributed by atoms with Crippen LogP contribution in [0.4, 0.5) is 0 Å². The zero-order valence-corrected chi connectivity index (χ0v) is 26.7. The number of amides is 2. The van der Waals surface area contributed by atoms with E-state index in [2.05, 4.69) is 17.6 Å². The summed E-state index contributed by atoms with van der Waals surface area (Å²) in [6, 6.07) is 15.3. The van der Waals surface area contributed by atoms with E-state index < -0.39 is 17.9 Å². The van der Waals surface area contributed by atoms with Crippen molar-refractivity contribution in [2.75, 3.05) is 32.9 Å². The summed E-state index contributed by atoms with van der Waals surface area (Å²) in [4.78, 5) is 39.6. The summed E-state index contributed by atoms with van der Waals surface area (Å²) in [7, 11) is 0. The number of carbonyl (C=O) groups is 3. The van der Waals surface area contributed by atoms with Gasteiger partial charge in [-0.05, 0) is 55.0 Å². The van der Waals surface area contributed by atoms with Crippen LogP contribution in [0.25, 0.3) is 0 Å². The predicted octanol–water partition coefficient (Wildman–Crippen LogP) is 5.81. The van der Waals surface area contributed by atoms with Gasteiger partial charge in [-0.2, -0.15) is 0 Å². The maximum absolute atomic E-state index is 12.9. The molecule has 0 bridgehead atoms. The molecule has 44 heavy (non-hydrogen) atoms. The number of hydrogen-bond acceptors (Lipinski definition) is 7. The van der Waals surface area contributed by atoms with Crippen molar-refractivity contribution in [1.82, 2.24) is 15.5 Å². The highest BCUT2D eigenvalue weighted by atomic mass is 32.1. The molecule has 2 aromatic rings. The second kappa shape index (κ2) is 20.3. The first kappa shape index (κ1) is 34.8. The Morgan fingerprint density at radius 3 is 2.07 bits per heavy atom. The lowest BCUT2D eigenvalue weighted by molar-refractivity contribution is -0.147. The molecule has 1 unspecified atom stereocenters. The third-order valence-corrected chi connectivity index (χ3v) is 7.75. The lowest BCUT2D eigenvalue weighted by Crippen LogP contribution is -2.60. The van der Waals surface area contributed by atoms with E-state index in [1.54, 1.807) is 29.2 Å². The van der Waals surface area contributed by atoms with Gasteiger partial charge >= 0.3 is 5.97 Å². The normalized spacial score (nSPS) is 14.4. The lowest BCUT2D eigenvalue weighted by Gasteiger charge is -2.36. The Kier molecular flexibility index (Phi) is 16.1. The zero-order valence-electron chi connectivity index (χ0n) is 25.9. The van der Waals surface area contributed by atoms with Crippen molar-refractivity contribution in [2.24, 2.45) is 0 Å². The Morgan fingerprint density at radius 2 is 1.43 bits per heavy atom. The van der Waals surface area contributed by atoms with Crippen LogP contribution in [-0.2, 0) is 14.3 Å². The van der Waals surface area contributed by atoms with E-state index >= 15 is 0 Å². The summed E-state index contributed by atoms with van der Waals surface area (Å²) < 4.78 is 16.7. The van der Waals surface area contributed by atoms with Gasteiger partial charge in [0.05, 0.1) is 13.0 Å². The van der Waals surface area contributed by atoms with Crippen molar-refractivity contribution in [3.05, 3.63) is 60.2 Å². The number of nitrogens with zero attached hydrogens (tertiary/aromatic N) is 1. The van der Waals surface area contributed by atoms with E-state index in [-0.39, 0.29) is 17.4 Å². The smallest absolute Gasteiger partial charge is 0.308 e. The van der Waals surface area contributed by atoms with Crippen molar-refractivity contribution < 1.29 is 28.6 Å². The average Bonchev–Trinajstić information content (AvgIpc) is 3.03. The van der Waals surface area contributed by atoms with Gasteiger partial charge in [-0.25, -0.2) is 0 Å². The Balaban J connectivity index is 1.35. The molecule has 1 heterocycles. The molecule has 9 nitrogen and oxygen atoms in total. The van der Waals surface area contributed by atoms with Crippen LogP contribution in [0.5, 0.6) is 11.5 Å². The van der Waals surface area contributed by atoms with Crippen LogP contribution in [0.3, 0.4) is 0 Å². The number of unbranched alkanes of at least 4 members (excludes halogenated alkanes) is 9. The molecule has 1 aliphatic rings. The molecule has 1 fully saturated rings. The zero-order chi connectivity index (χ0) is 31.4. The number of piperazine rings is 1. The lowest BCUT2D eigenvalue weighted by atomic mass is 10.1. The number of rotatable bonds is 19. The highest BCUT2D eigenvalue weighted by molar-refractivity contribution is 7.80. The van der Waals surface area contributed by atoms with E-state index in [9.17, 15) is 14.4 Å². The SMILES string of the molecule is CCCCCCCCCCCCOC(=O)CC1C(=O)NCCN1C(=S)NC(=O)c1ccc(OCCOc2ccccc2)cc1. The largest absolute Gasteiger partial charge is 0.490 e. The first-order chi connectivity index (χ1) is 21.5. The van der Waals surface area contributed by atoms with Crippen molar-refractivity contribution in [2.45, 2.75) is 83.6 Å². The fourth-order valence-corrected chi connectivity index (χ4v) is 5.24. The summed E-state index contributed by atoms with van der Waals surface area (Å²) >= 11 is 5.48. The van der Waals surface area contributed by atoms with Crippen molar-refractivity contribution in [1.29, 1.82) is 0 Å². The minimum Gasteiger partial charge on any atom is -0.490 e. The molecular weight excluding hydrogens is 578 g/mol. The standard InChI is InChI=1S/C34H47N3O6S/c1-2-3-4-5-6-7-8-9-10-14-23-43-31(38)26-30-33(40)35-21-22-37(30)34(44)36-32(39)27-17-19-29(20-18-27)42-25-24-41-28-15-12-11-13-16-28/h11-13,15-20,30H,2-10,14,21-26H2,1H3,(H,35,40)(H,36,39,44). The van der Waals surface area contributed by atoms with Gasteiger partial charge in [-0.3, -0.25) is 19.7 Å². The highest BCUT2D eigenvalue weighted by Gasteiger charge is 2.34. The first-order valence-corrected chi connectivity index (χ1v) is 16.3. The predicted molar refractivity (Wildman–Crippen MR) is 175 cm³/mol. The number of ether oxygens (including phenoxy) is 3. The Bertz CT molecular complexity index is 1160. The van der Waals surface area contributed by atoms with Gasteiger partial charge in [-0.1, -0.05) is 82.9 Å². The van der Waals surface area contributed by atoms with Crippen LogP contribution in [0.2, 0.25) is 0 Å². The topological polar surface area (TPSA) is 106 Å². The van der Waals surface area contributed by atoms with Crippen LogP contribution in [0.15, 0.2) is 54.6 Å². The molecular formula is C34H47N3O6S. The van der Waals surface area contributed by atoms with Gasteiger partial charge < -0.3 is 24.4 Å². The fourth-order valence-electron chi connectivity index (χ4n) is 4.93. The van der Waals surface area contributed by atoms with Crippen LogP contribution >= 0.6 is 12.2 Å². The van der Waals surface area contributed by atoms with Gasteiger partial charge in [0.1, 0.15) is 30.8 Å². The third kappa shape index (κ3) is 12.9. The van der Waals surface area contributed by atoms with Crippen molar-refractivity contribution >= 4 is 35.1 Å². The van der Waals surface area contributed by atoms with Gasteiger partial charge in [0.15, 0.2) is 5.11 Å². The number of carbonyl (C=O) groups excluding carboxylic acids is 3. The second-order valence-electron chi connectivity index (χ2n) is 10.9. The van der Waals surface area contributed by atoms with Crippen LogP contribution in [-0.4, -0.2) is 66.7 Å². The Labute approximate surface area is 267 Å². The van der Waals surface area contributed by atoms with E-state index in [1.807, 2.05) is 30.3 Å². The molecule has 2 amide bonds. The van der Waals surface area contributed by atoms with Gasteiger partial charge in [0.25, 0.3) is 5.91 Å². The van der Waals surface area contributed by atoms with E-state index in [0.29, 0.717) is 44.2 Å². The molecule has 1 saturated heterocycles. The molecule has 2 aromatic carbocycles. The Hall–Kier alpha value is -3.66. The Morgan fingerprint density at radius 1 is 0.841 bits per heavy atom. The molecule has 2 N–H and O–H groups in total. The summed E-state index contributed by atoms with van der Waals surface area (Å²) in [6.45, 7) is 4.04. The molecule has 3 rings (SSSR count). The van der Waals surface area contributed by atoms with Crippen LogP contribution in [0, 0.1) is 0 Å². The van der Waals surface area contributed by atoms with E-state index in [0.717, 1.165) is 25.0 Å². The molecule has 10 heteroatoms. The third-order valence-electron chi connectivity index (χ3n) is 7.41. The van der Waals surface area contributed by atoms with Gasteiger partial charge in [0, 0.05) is 18.7 Å². The maximum Gasteiger partial charge on any atom is 0.308 e. The molecule has 0 spiro atoms. The molecule has 240 valence electrons. The minimum absolute atomic E-state index is 0.0933. The first-order valence-electron chi connectivity index (χ1n) is 15.9. The summed E-state index contributed by atoms with van der Waals surface area (Å²) in [5, 5.41) is 5.56. The molecule has 1 aliphatic heterocycles. The molecule has 0 radical (unpaired) electrons. The van der Waals surface area contributed by atoms with E-state index in [1.165, 1.54) is 44.9 Å². The number of para-hydroxylation sites is 1. The number of nitrogens with one attached hydrogen (secondary N) is 2. The van der Waals surface area contributed by atoms with Crippen molar-refractivity contribution in [3.63, 3.8) is 0 Å². The van der Waals surface area contributed by atoms with Crippen LogP contribution < -0.4 is 20.1 Å². The highest BCUT2D eigenvalue weighted by Crippen LogP contribution is 2.15. The van der Waals surface area contributed by atoms with Gasteiger partial charge in [-0.15, -0.1) is 0 Å². The summed E-state index contributed by atoms with van der Waals surface area (Å²) in [5.74, 6) is 0.189. The monoisotopic (exact) mass is 625 g/mol. The minimum atomic E-state index is -0.842. The summed E-state index contributed by atoms with van der Waals surface area (Å²) in [6.07, 6.45) is 11.8. The van der Waals surface area contributed by atoms with Crippen LogP contribution in [0.1, 0.15) is 87.9 Å².